The van der Waals surface area contributed by atoms with E-state index >= 15 is 0 Å². The van der Waals surface area contributed by atoms with Gasteiger partial charge < -0.3 is 10.1 Å². The van der Waals surface area contributed by atoms with Crippen molar-refractivity contribution in [2.45, 2.75) is 59.5 Å². The van der Waals surface area contributed by atoms with Crippen LogP contribution in [0, 0.1) is 0 Å². The maximum Gasteiger partial charge on any atom is 0.340 e. The topological polar surface area (TPSA) is 93.5 Å². The van der Waals surface area contributed by atoms with Gasteiger partial charge in [0.1, 0.15) is 17.2 Å². The van der Waals surface area contributed by atoms with Crippen LogP contribution in [0.1, 0.15) is 60.2 Å². The van der Waals surface area contributed by atoms with Crippen LogP contribution < -0.4 is 10.9 Å². The fraction of sp³-hybridized carbons (Fsp3) is 0.462. The third-order valence-corrected chi connectivity index (χ3v) is 7.60. The van der Waals surface area contributed by atoms with E-state index in [1.807, 2.05) is 0 Å². The van der Waals surface area contributed by atoms with Crippen LogP contribution in [-0.4, -0.2) is 46.0 Å². The van der Waals surface area contributed by atoms with Crippen LogP contribution in [0.5, 0.6) is 0 Å². The van der Waals surface area contributed by atoms with Crippen molar-refractivity contribution in [2.24, 2.45) is 0 Å². The molecule has 35 heavy (non-hydrogen) atoms. The molecule has 2 heterocycles. The molecule has 8 nitrogen and oxygen atoms in total. The van der Waals surface area contributed by atoms with Gasteiger partial charge in [-0.1, -0.05) is 26.0 Å². The maximum absolute atomic E-state index is 13.7. The molecule has 1 amide bonds. The molecule has 0 fully saturated rings. The molecule has 0 unspecified atom stereocenters. The molecule has 0 atom stereocenters. The van der Waals surface area contributed by atoms with Crippen molar-refractivity contribution in [3.05, 3.63) is 56.4 Å². The fourth-order valence-corrected chi connectivity index (χ4v) is 5.79. The molecule has 3 aromatic rings. The maximum atomic E-state index is 13.7. The molecule has 0 spiro atoms. The molecular weight excluding hydrogens is 464 g/mol. The van der Waals surface area contributed by atoms with Crippen LogP contribution in [0.3, 0.4) is 0 Å². The van der Waals surface area contributed by atoms with Crippen LogP contribution in [0.15, 0.2) is 29.1 Å². The number of anilines is 1. The molecule has 4 rings (SSSR count). The summed E-state index contributed by atoms with van der Waals surface area (Å²) < 4.78 is 6.61. The molecule has 186 valence electrons. The van der Waals surface area contributed by atoms with Crippen molar-refractivity contribution >= 4 is 39.1 Å². The normalized spacial score (nSPS) is 13.1. The number of aromatic nitrogens is 2. The van der Waals surface area contributed by atoms with Gasteiger partial charge in [0.15, 0.2) is 0 Å². The Hall–Kier alpha value is -3.04. The third-order valence-electron chi connectivity index (χ3n) is 6.41. The Kier molecular flexibility index (Phi) is 7.97. The van der Waals surface area contributed by atoms with E-state index in [1.165, 1.54) is 9.44 Å². The van der Waals surface area contributed by atoms with E-state index < -0.39 is 11.9 Å². The minimum Gasteiger partial charge on any atom is -0.462 e. The van der Waals surface area contributed by atoms with E-state index in [4.69, 9.17) is 9.72 Å². The van der Waals surface area contributed by atoms with Crippen LogP contribution in [0.4, 0.5) is 5.69 Å². The molecule has 0 aliphatic heterocycles. The zero-order chi connectivity index (χ0) is 24.9. The molecule has 0 saturated carbocycles. The lowest BCUT2D eigenvalue weighted by Crippen LogP contribution is -2.34. The van der Waals surface area contributed by atoms with E-state index in [0.29, 0.717) is 23.4 Å². The van der Waals surface area contributed by atoms with Gasteiger partial charge in [-0.15, -0.1) is 11.3 Å². The van der Waals surface area contributed by atoms with Crippen molar-refractivity contribution in [1.29, 1.82) is 0 Å². The summed E-state index contributed by atoms with van der Waals surface area (Å²) in [7, 11) is 0. The smallest absolute Gasteiger partial charge is 0.340 e. The van der Waals surface area contributed by atoms with Crippen molar-refractivity contribution in [1.82, 2.24) is 14.5 Å². The molecule has 1 aliphatic carbocycles. The zero-order valence-corrected chi connectivity index (χ0v) is 21.4. The number of nitrogens with zero attached hydrogens (tertiary/aromatic N) is 3. The summed E-state index contributed by atoms with van der Waals surface area (Å²) >= 11 is 1.62. The number of ether oxygens (including phenoxy) is 1. The number of fused-ring (bicyclic) bond motifs is 3. The van der Waals surface area contributed by atoms with Crippen LogP contribution in [0.25, 0.3) is 10.2 Å². The number of amides is 1. The highest BCUT2D eigenvalue weighted by molar-refractivity contribution is 7.18. The fourth-order valence-electron chi connectivity index (χ4n) is 4.52. The zero-order valence-electron chi connectivity index (χ0n) is 20.6. The van der Waals surface area contributed by atoms with E-state index in [9.17, 15) is 14.4 Å². The molecule has 1 aromatic carbocycles. The molecular formula is C26H32N4O4S. The predicted octanol–water partition coefficient (Wildman–Crippen LogP) is 3.99. The first-order valence-corrected chi connectivity index (χ1v) is 13.1. The number of nitrogens with one attached hydrogen (secondary N) is 1. The van der Waals surface area contributed by atoms with E-state index in [-0.39, 0.29) is 24.3 Å². The number of hydrogen-bond donors (Lipinski definition) is 1. The number of esters is 1. The SMILES string of the molecule is CCOC(=O)c1ccccc1NC(=O)Cn1c(CN(CC)CC)nc2sc3c(c2c1=O)CCCC3. The van der Waals surface area contributed by atoms with Gasteiger partial charge >= 0.3 is 5.97 Å². The predicted molar refractivity (Wildman–Crippen MR) is 138 cm³/mol. The highest BCUT2D eigenvalue weighted by Crippen LogP contribution is 2.34. The lowest BCUT2D eigenvalue weighted by Gasteiger charge is -2.20. The second-order valence-electron chi connectivity index (χ2n) is 8.59. The lowest BCUT2D eigenvalue weighted by atomic mass is 9.97. The Morgan fingerprint density at radius 1 is 1.14 bits per heavy atom. The third kappa shape index (κ3) is 5.31. The number of carbonyl (C=O) groups excluding carboxylic acids is 2. The number of aryl methyl sites for hydroxylation is 2. The molecule has 2 aromatic heterocycles. The van der Waals surface area contributed by atoms with Crippen LogP contribution in [-0.2, 0) is 35.5 Å². The van der Waals surface area contributed by atoms with E-state index in [0.717, 1.165) is 49.2 Å². The van der Waals surface area contributed by atoms with Gasteiger partial charge in [-0.05, 0) is 63.4 Å². The first-order chi connectivity index (χ1) is 17.0. The van der Waals surface area contributed by atoms with Crippen molar-refractivity contribution in [3.63, 3.8) is 0 Å². The Morgan fingerprint density at radius 2 is 1.89 bits per heavy atom. The summed E-state index contributed by atoms with van der Waals surface area (Å²) in [5.41, 5.74) is 1.57. The van der Waals surface area contributed by atoms with Crippen molar-refractivity contribution in [3.8, 4) is 0 Å². The van der Waals surface area contributed by atoms with Gasteiger partial charge in [-0.3, -0.25) is 19.1 Å². The average Bonchev–Trinajstić information content (AvgIpc) is 3.23. The van der Waals surface area contributed by atoms with Gasteiger partial charge in [0, 0.05) is 4.88 Å². The summed E-state index contributed by atoms with van der Waals surface area (Å²) in [6.45, 7) is 8.01. The summed E-state index contributed by atoms with van der Waals surface area (Å²) in [4.78, 5) is 48.3. The highest BCUT2D eigenvalue weighted by Gasteiger charge is 2.24. The molecule has 0 radical (unpaired) electrons. The lowest BCUT2D eigenvalue weighted by molar-refractivity contribution is -0.116. The molecule has 1 aliphatic rings. The summed E-state index contributed by atoms with van der Waals surface area (Å²) in [5.74, 6) is -0.315. The number of benzene rings is 1. The average molecular weight is 497 g/mol. The molecule has 0 bridgehead atoms. The summed E-state index contributed by atoms with van der Waals surface area (Å²) in [6, 6.07) is 6.71. The van der Waals surface area contributed by atoms with E-state index in [2.05, 4.69) is 24.1 Å². The summed E-state index contributed by atoms with van der Waals surface area (Å²) in [6.07, 6.45) is 4.04. The van der Waals surface area contributed by atoms with Crippen molar-refractivity contribution in [2.75, 3.05) is 25.0 Å². The second-order valence-corrected chi connectivity index (χ2v) is 9.67. The quantitative estimate of drug-likeness (QED) is 0.450. The Balaban J connectivity index is 1.71. The monoisotopic (exact) mass is 496 g/mol. The number of para-hydroxylation sites is 1. The highest BCUT2D eigenvalue weighted by atomic mass is 32.1. The van der Waals surface area contributed by atoms with Gasteiger partial charge in [0.25, 0.3) is 5.56 Å². The van der Waals surface area contributed by atoms with Gasteiger partial charge in [-0.2, -0.15) is 0 Å². The van der Waals surface area contributed by atoms with Crippen LogP contribution in [0.2, 0.25) is 0 Å². The Bertz CT molecular complexity index is 1290. The number of carbonyl (C=O) groups is 2. The minimum absolute atomic E-state index is 0.162. The Labute approximate surface area is 208 Å². The van der Waals surface area contributed by atoms with Gasteiger partial charge in [0.05, 0.1) is 29.8 Å². The Morgan fingerprint density at radius 3 is 2.63 bits per heavy atom. The van der Waals surface area contributed by atoms with Crippen LogP contribution >= 0.6 is 11.3 Å². The standard InChI is InChI=1S/C26H32N4O4S/c1-4-29(5-2)15-21-28-24-23(18-12-8-10-14-20(18)35-24)25(32)30(21)16-22(31)27-19-13-9-7-11-17(19)26(33)34-6-3/h7,9,11,13H,4-6,8,10,12,14-16H2,1-3H3,(H,27,31). The first-order valence-electron chi connectivity index (χ1n) is 12.3. The number of rotatable bonds is 9. The van der Waals surface area contributed by atoms with E-state index in [1.54, 1.807) is 42.5 Å². The molecule has 1 N–H and O–H groups in total. The van der Waals surface area contributed by atoms with Crippen molar-refractivity contribution < 1.29 is 14.3 Å². The first kappa shape index (κ1) is 25.1. The number of hydrogen-bond acceptors (Lipinski definition) is 7. The minimum atomic E-state index is -0.504. The second kappa shape index (κ2) is 11.1. The summed E-state index contributed by atoms with van der Waals surface area (Å²) in [5, 5.41) is 3.46. The van der Waals surface area contributed by atoms with Gasteiger partial charge in [0.2, 0.25) is 5.91 Å². The molecule has 9 heteroatoms. The largest absolute Gasteiger partial charge is 0.462 e. The molecule has 0 saturated heterocycles. The van der Waals surface area contributed by atoms with Gasteiger partial charge in [-0.25, -0.2) is 9.78 Å². The number of thiophene rings is 1.